The van der Waals surface area contributed by atoms with Crippen molar-refractivity contribution in [2.45, 2.75) is 50.4 Å². The Bertz CT molecular complexity index is 931. The van der Waals surface area contributed by atoms with Crippen LogP contribution in [0.15, 0.2) is 11.1 Å². The highest BCUT2D eigenvalue weighted by Gasteiger charge is 2.38. The number of fused-ring (bicyclic) bond motifs is 1. The summed E-state index contributed by atoms with van der Waals surface area (Å²) >= 11 is 0. The van der Waals surface area contributed by atoms with E-state index in [-0.39, 0.29) is 53.1 Å². The number of nitrogens with zero attached hydrogens (tertiary/aromatic N) is 3. The molecule has 4 unspecified atom stereocenters. The molecule has 0 aliphatic carbocycles. The van der Waals surface area contributed by atoms with Gasteiger partial charge in [0.15, 0.2) is 38.3 Å². The number of nitrogens with one attached hydrogen (secondary N) is 1. The van der Waals surface area contributed by atoms with Gasteiger partial charge in [0.25, 0.3) is 5.56 Å². The van der Waals surface area contributed by atoms with Gasteiger partial charge in [0.1, 0.15) is 18.3 Å². The van der Waals surface area contributed by atoms with Gasteiger partial charge >= 0.3 is 0 Å². The molecule has 17 heteroatoms. The van der Waals surface area contributed by atoms with Crippen LogP contribution in [-0.4, -0.2) is 53.9 Å². The van der Waals surface area contributed by atoms with Crippen molar-refractivity contribution < 1.29 is 27.5 Å². The first kappa shape index (κ1) is 26.5. The molecule has 0 aromatic carbocycles. The number of hydrogen-bond donors (Lipinski definition) is 3. The Morgan fingerprint density at radius 2 is 2.22 bits per heavy atom. The molecule has 32 heavy (non-hydrogen) atoms. The van der Waals surface area contributed by atoms with E-state index in [1.54, 1.807) is 26.2 Å². The van der Waals surface area contributed by atoms with Gasteiger partial charge in [-0.3, -0.25) is 23.0 Å². The smallest absolute Gasteiger partial charge is 0.280 e. The SMILES string of the molecule is CC(C)(C)SSCOC1C[C@H](n2cnc3c(=O)[nH]c(N)nc32)O[C@@H]1COPOPOPO. The van der Waals surface area contributed by atoms with Gasteiger partial charge in [0.05, 0.1) is 19.0 Å². The first-order valence-corrected chi connectivity index (χ1v) is 14.2. The predicted molar refractivity (Wildman–Crippen MR) is 131 cm³/mol. The topological polar surface area (TPSA) is 156 Å². The van der Waals surface area contributed by atoms with E-state index in [1.165, 1.54) is 6.33 Å². The Balaban J connectivity index is 1.64. The zero-order valence-corrected chi connectivity index (χ0v) is 22.2. The molecule has 180 valence electrons. The molecular weight excluding hydrogens is 519 g/mol. The van der Waals surface area contributed by atoms with E-state index in [0.717, 1.165) is 0 Å². The van der Waals surface area contributed by atoms with Gasteiger partial charge in [-0.2, -0.15) is 4.98 Å². The van der Waals surface area contributed by atoms with Crippen LogP contribution in [0.3, 0.4) is 0 Å². The maximum Gasteiger partial charge on any atom is 0.280 e. The first-order chi connectivity index (χ1) is 15.3. The lowest BCUT2D eigenvalue weighted by Crippen LogP contribution is -2.28. The number of H-pyrrole nitrogens is 1. The third-order valence-corrected chi connectivity index (χ3v) is 8.70. The van der Waals surface area contributed by atoms with Crippen LogP contribution in [0.25, 0.3) is 11.2 Å². The van der Waals surface area contributed by atoms with Crippen LogP contribution < -0.4 is 11.3 Å². The third kappa shape index (κ3) is 7.71. The average Bonchev–Trinajstić information content (AvgIpc) is 3.31. The molecule has 0 saturated carbocycles. The van der Waals surface area contributed by atoms with E-state index >= 15 is 0 Å². The highest BCUT2D eigenvalue weighted by molar-refractivity contribution is 8.77. The van der Waals surface area contributed by atoms with E-state index in [2.05, 4.69) is 35.7 Å². The van der Waals surface area contributed by atoms with E-state index < -0.39 is 20.8 Å². The molecule has 12 nitrogen and oxygen atoms in total. The normalized spacial score (nSPS) is 22.7. The Morgan fingerprint density at radius 3 is 2.97 bits per heavy atom. The number of anilines is 1. The first-order valence-electron chi connectivity index (χ1n) is 9.41. The second-order valence-electron chi connectivity index (χ2n) is 7.55. The number of nitrogens with two attached hydrogens (primary N) is 1. The molecule has 3 rings (SSSR count). The van der Waals surface area contributed by atoms with Crippen molar-refractivity contribution in [3.63, 3.8) is 0 Å². The molecule has 0 radical (unpaired) electrons. The predicted octanol–water partition coefficient (Wildman–Crippen LogP) is 3.08. The van der Waals surface area contributed by atoms with E-state index in [4.69, 9.17) is 33.2 Å². The number of hydrogen-bond acceptors (Lipinski definition) is 12. The van der Waals surface area contributed by atoms with Crippen LogP contribution in [0.5, 0.6) is 0 Å². The molecule has 1 aliphatic rings. The molecule has 2 aromatic heterocycles. The Kier molecular flexibility index (Phi) is 10.4. The zero-order chi connectivity index (χ0) is 23.1. The Labute approximate surface area is 198 Å². The summed E-state index contributed by atoms with van der Waals surface area (Å²) in [6, 6.07) is 0. The van der Waals surface area contributed by atoms with Crippen molar-refractivity contribution in [3.8, 4) is 0 Å². The van der Waals surface area contributed by atoms with Crippen molar-refractivity contribution >= 4 is 65.8 Å². The van der Waals surface area contributed by atoms with Crippen LogP contribution in [-0.2, 0) is 22.6 Å². The fourth-order valence-electron chi connectivity index (χ4n) is 2.87. The second-order valence-corrected chi connectivity index (χ2v) is 13.1. The van der Waals surface area contributed by atoms with Crippen LogP contribution in [0.1, 0.15) is 33.4 Å². The van der Waals surface area contributed by atoms with Crippen LogP contribution in [0, 0.1) is 0 Å². The van der Waals surface area contributed by atoms with Crippen molar-refractivity contribution in [1.82, 2.24) is 19.5 Å². The van der Waals surface area contributed by atoms with Gasteiger partial charge in [-0.25, -0.2) is 4.98 Å². The summed E-state index contributed by atoms with van der Waals surface area (Å²) in [5, 5.41) is 0. The average molecular weight is 545 g/mol. The molecular formula is C15H26N5O7P3S2. The molecule has 1 aliphatic heterocycles. The van der Waals surface area contributed by atoms with Gasteiger partial charge in [-0.1, -0.05) is 42.4 Å². The van der Waals surface area contributed by atoms with Crippen molar-refractivity contribution in [1.29, 1.82) is 0 Å². The maximum atomic E-state index is 12.1. The molecule has 0 spiro atoms. The maximum absolute atomic E-state index is 12.1. The number of imidazole rings is 1. The van der Waals surface area contributed by atoms with E-state index in [9.17, 15) is 4.79 Å². The van der Waals surface area contributed by atoms with Crippen molar-refractivity contribution in [2.24, 2.45) is 0 Å². The number of aromatic nitrogens is 4. The summed E-state index contributed by atoms with van der Waals surface area (Å²) in [5.41, 5.74) is 5.84. The number of nitrogen functional groups attached to an aromatic ring is 1. The number of rotatable bonds is 12. The van der Waals surface area contributed by atoms with E-state index in [0.29, 0.717) is 18.0 Å². The largest absolute Gasteiger partial charge is 0.369 e. The van der Waals surface area contributed by atoms with Gasteiger partial charge < -0.3 is 24.6 Å². The minimum Gasteiger partial charge on any atom is -0.369 e. The Morgan fingerprint density at radius 1 is 1.41 bits per heavy atom. The Hall–Kier alpha value is -0.100. The minimum absolute atomic E-state index is 0.00966. The van der Waals surface area contributed by atoms with Crippen LogP contribution in [0.2, 0.25) is 0 Å². The van der Waals surface area contributed by atoms with Crippen LogP contribution in [0.4, 0.5) is 5.95 Å². The lowest BCUT2D eigenvalue weighted by molar-refractivity contribution is -0.0471. The quantitative estimate of drug-likeness (QED) is 0.155. The molecule has 1 saturated heterocycles. The monoisotopic (exact) mass is 545 g/mol. The molecule has 4 N–H and O–H groups in total. The lowest BCUT2D eigenvalue weighted by Gasteiger charge is -2.20. The summed E-state index contributed by atoms with van der Waals surface area (Å²) in [5.74, 6) is 0.496. The summed E-state index contributed by atoms with van der Waals surface area (Å²) in [6.07, 6.45) is 0.984. The summed E-state index contributed by atoms with van der Waals surface area (Å²) in [4.78, 5) is 31.5. The number of aromatic amines is 1. The van der Waals surface area contributed by atoms with Crippen LogP contribution >= 0.6 is 48.7 Å². The summed E-state index contributed by atoms with van der Waals surface area (Å²) in [6.45, 7) is 6.67. The molecule has 6 atom stereocenters. The van der Waals surface area contributed by atoms with E-state index in [1.807, 2.05) is 0 Å². The molecule has 2 aromatic rings. The third-order valence-electron chi connectivity index (χ3n) is 4.06. The highest BCUT2D eigenvalue weighted by atomic mass is 33.1. The fraction of sp³-hybridized carbons (Fsp3) is 0.667. The van der Waals surface area contributed by atoms with Gasteiger partial charge in [0, 0.05) is 11.2 Å². The molecule has 1 fully saturated rings. The summed E-state index contributed by atoms with van der Waals surface area (Å²) in [7, 11) is 2.21. The lowest BCUT2D eigenvalue weighted by atomic mass is 10.2. The fourth-order valence-corrected chi connectivity index (χ4v) is 6.17. The van der Waals surface area contributed by atoms with Gasteiger partial charge in [-0.05, 0) is 0 Å². The zero-order valence-electron chi connectivity index (χ0n) is 17.6. The van der Waals surface area contributed by atoms with Crippen molar-refractivity contribution in [3.05, 3.63) is 16.7 Å². The van der Waals surface area contributed by atoms with Gasteiger partial charge in [-0.15, -0.1) is 0 Å². The number of ether oxygens (including phenoxy) is 2. The van der Waals surface area contributed by atoms with Crippen molar-refractivity contribution in [2.75, 3.05) is 18.3 Å². The second kappa shape index (κ2) is 12.6. The standard InChI is InChI=1S/C15H26N5O7P3S2/c1-15(2,3)32-31-7-23-8-4-10(25-9(8)5-24-29-27-30-26-28-22)20-6-17-11-12(20)18-14(16)19-13(11)21/h6,8-10,22,28-30H,4-5,7H2,1-3H3,(H3,16,18,19,21)/t8?,9-,10-/m1/s1. The molecule has 0 amide bonds. The van der Waals surface area contributed by atoms with Gasteiger partial charge in [0.2, 0.25) is 5.95 Å². The molecule has 0 bridgehead atoms. The minimum atomic E-state index is -0.621. The highest BCUT2D eigenvalue weighted by Crippen LogP contribution is 2.39. The summed E-state index contributed by atoms with van der Waals surface area (Å²) < 4.78 is 29.6. The molecule has 3 heterocycles.